The van der Waals surface area contributed by atoms with Crippen LogP contribution in [0, 0.1) is 13.8 Å². The Labute approximate surface area is 176 Å². The van der Waals surface area contributed by atoms with Crippen molar-refractivity contribution in [1.82, 2.24) is 0 Å². The molecule has 0 spiro atoms. The molecule has 3 aromatic carbocycles. The van der Waals surface area contributed by atoms with Gasteiger partial charge >= 0.3 is 5.63 Å². The molecule has 140 valence electrons. The number of hydrogen-bond acceptors (Lipinski definition) is 4. The van der Waals surface area contributed by atoms with Gasteiger partial charge in [0, 0.05) is 25.1 Å². The van der Waals surface area contributed by atoms with Crippen molar-refractivity contribution < 1.29 is 4.42 Å². The zero-order chi connectivity index (χ0) is 19.7. The highest BCUT2D eigenvalue weighted by molar-refractivity contribution is 8.02. The van der Waals surface area contributed by atoms with Crippen LogP contribution < -0.4 is 5.63 Å². The van der Waals surface area contributed by atoms with Crippen molar-refractivity contribution in [2.45, 2.75) is 33.4 Å². The summed E-state index contributed by atoms with van der Waals surface area (Å²) in [6.07, 6.45) is 0. The summed E-state index contributed by atoms with van der Waals surface area (Å²) in [6.45, 7) is 4.11. The van der Waals surface area contributed by atoms with E-state index in [1.165, 1.54) is 23.5 Å². The van der Waals surface area contributed by atoms with Gasteiger partial charge in [0.2, 0.25) is 0 Å². The van der Waals surface area contributed by atoms with Crippen molar-refractivity contribution in [3.63, 3.8) is 0 Å². The fourth-order valence-corrected chi connectivity index (χ4v) is 5.63. The van der Waals surface area contributed by atoms with Gasteiger partial charge in [-0.25, -0.2) is 4.79 Å². The molecule has 4 rings (SSSR count). The average molecular weight is 425 g/mol. The van der Waals surface area contributed by atoms with Crippen LogP contribution in [0.4, 0.5) is 0 Å². The van der Waals surface area contributed by atoms with E-state index in [2.05, 4.69) is 32.0 Å². The van der Waals surface area contributed by atoms with E-state index in [4.69, 9.17) is 16.0 Å². The average Bonchev–Trinajstić information content (AvgIpc) is 2.64. The van der Waals surface area contributed by atoms with Crippen LogP contribution in [0.2, 0.25) is 5.02 Å². The molecule has 5 heteroatoms. The molecule has 0 saturated carbocycles. The Morgan fingerprint density at radius 3 is 2.25 bits per heavy atom. The summed E-state index contributed by atoms with van der Waals surface area (Å²) >= 11 is 9.15. The zero-order valence-corrected chi connectivity index (χ0v) is 17.8. The highest BCUT2D eigenvalue weighted by Crippen LogP contribution is 2.41. The number of benzene rings is 3. The van der Waals surface area contributed by atoms with Gasteiger partial charge in [0.15, 0.2) is 0 Å². The maximum Gasteiger partial charge on any atom is 0.351 e. The Morgan fingerprint density at radius 2 is 1.50 bits per heavy atom. The molecule has 0 amide bonds. The van der Waals surface area contributed by atoms with Crippen molar-refractivity contribution >= 4 is 46.1 Å². The van der Waals surface area contributed by atoms with E-state index in [-0.39, 0.29) is 5.63 Å². The van der Waals surface area contributed by atoms with Gasteiger partial charge in [-0.15, -0.1) is 0 Å². The molecule has 0 saturated heterocycles. The molecular formula is C23H17ClO2S2. The second-order valence-corrected chi connectivity index (χ2v) is 9.13. The van der Waals surface area contributed by atoms with Crippen molar-refractivity contribution in [3.05, 3.63) is 93.3 Å². The monoisotopic (exact) mass is 424 g/mol. The van der Waals surface area contributed by atoms with Crippen LogP contribution in [0.15, 0.2) is 95.5 Å². The van der Waals surface area contributed by atoms with E-state index in [9.17, 15) is 4.79 Å². The van der Waals surface area contributed by atoms with Crippen molar-refractivity contribution in [1.29, 1.82) is 0 Å². The van der Waals surface area contributed by atoms with Gasteiger partial charge < -0.3 is 4.42 Å². The topological polar surface area (TPSA) is 30.2 Å². The van der Waals surface area contributed by atoms with Gasteiger partial charge in [0.25, 0.3) is 0 Å². The first-order valence-electron chi connectivity index (χ1n) is 8.75. The Kier molecular flexibility index (Phi) is 5.54. The summed E-state index contributed by atoms with van der Waals surface area (Å²) in [7, 11) is 0. The van der Waals surface area contributed by atoms with Crippen LogP contribution in [0.5, 0.6) is 0 Å². The van der Waals surface area contributed by atoms with Crippen molar-refractivity contribution in [2.75, 3.05) is 0 Å². The fraction of sp³-hybridized carbons (Fsp3) is 0.0870. The Bertz CT molecular complexity index is 1210. The second kappa shape index (κ2) is 8.08. The summed E-state index contributed by atoms with van der Waals surface area (Å²) in [5, 5.41) is 1.58. The molecule has 1 aromatic heterocycles. The van der Waals surface area contributed by atoms with Gasteiger partial charge in [0.1, 0.15) is 10.5 Å². The van der Waals surface area contributed by atoms with E-state index in [0.29, 0.717) is 15.5 Å². The van der Waals surface area contributed by atoms with Crippen LogP contribution >= 0.6 is 35.1 Å². The van der Waals surface area contributed by atoms with Gasteiger partial charge in [-0.1, -0.05) is 65.5 Å². The second-order valence-electron chi connectivity index (χ2n) is 6.53. The molecule has 0 N–H and O–H groups in total. The van der Waals surface area contributed by atoms with Crippen LogP contribution in [0.25, 0.3) is 11.0 Å². The minimum Gasteiger partial charge on any atom is -0.422 e. The van der Waals surface area contributed by atoms with Crippen molar-refractivity contribution in [3.8, 4) is 0 Å². The smallest absolute Gasteiger partial charge is 0.351 e. The third-order valence-electron chi connectivity index (χ3n) is 4.16. The molecule has 0 bridgehead atoms. The summed E-state index contributed by atoms with van der Waals surface area (Å²) in [5.41, 5.74) is 2.59. The van der Waals surface area contributed by atoms with Crippen LogP contribution in [-0.4, -0.2) is 0 Å². The van der Waals surface area contributed by atoms with Crippen molar-refractivity contribution in [2.24, 2.45) is 0 Å². The maximum atomic E-state index is 12.9. The molecule has 4 aromatic rings. The standard InChI is InChI=1S/C23H17ClO2S2/c1-14-10-15(2)12-18(11-14)28-22-21(27-17-7-5-6-16(24)13-17)19-8-3-4-9-20(19)26-23(22)25/h3-13H,1-2H3. The number of fused-ring (bicyclic) bond motifs is 1. The van der Waals surface area contributed by atoms with Crippen LogP contribution in [0.1, 0.15) is 11.1 Å². The molecule has 0 aliphatic heterocycles. The first-order valence-corrected chi connectivity index (χ1v) is 10.8. The van der Waals surface area contributed by atoms with E-state index < -0.39 is 0 Å². The molecule has 0 radical (unpaired) electrons. The molecule has 0 unspecified atom stereocenters. The highest BCUT2D eigenvalue weighted by Gasteiger charge is 2.17. The molecule has 0 aliphatic rings. The molecule has 1 heterocycles. The Morgan fingerprint density at radius 1 is 0.786 bits per heavy atom. The molecule has 0 fully saturated rings. The summed E-state index contributed by atoms with van der Waals surface area (Å²) in [6, 6.07) is 21.6. The number of para-hydroxylation sites is 1. The Hall–Kier alpha value is -2.14. The van der Waals surface area contributed by atoms with Gasteiger partial charge in [-0.3, -0.25) is 0 Å². The summed E-state index contributed by atoms with van der Waals surface area (Å²) in [5.74, 6) is 0. The summed E-state index contributed by atoms with van der Waals surface area (Å²) in [4.78, 5) is 16.3. The van der Waals surface area contributed by atoms with E-state index in [1.807, 2.05) is 48.5 Å². The third-order valence-corrected chi connectivity index (χ3v) is 6.69. The first-order chi connectivity index (χ1) is 13.5. The lowest BCUT2D eigenvalue weighted by atomic mass is 10.2. The van der Waals surface area contributed by atoms with Crippen LogP contribution in [-0.2, 0) is 0 Å². The largest absolute Gasteiger partial charge is 0.422 e. The Balaban J connectivity index is 1.89. The quantitative estimate of drug-likeness (QED) is 0.320. The normalized spacial score (nSPS) is 11.1. The zero-order valence-electron chi connectivity index (χ0n) is 15.4. The number of halogens is 1. The molecule has 2 nitrogen and oxygen atoms in total. The first kappa shape index (κ1) is 19.2. The number of hydrogen-bond donors (Lipinski definition) is 0. The van der Waals surface area contributed by atoms with E-state index in [1.54, 1.807) is 0 Å². The molecule has 0 aliphatic carbocycles. The lowest BCUT2D eigenvalue weighted by molar-refractivity contribution is 0.537. The van der Waals surface area contributed by atoms with Crippen LogP contribution in [0.3, 0.4) is 0 Å². The highest BCUT2D eigenvalue weighted by atomic mass is 35.5. The lowest BCUT2D eigenvalue weighted by Gasteiger charge is -2.12. The summed E-state index contributed by atoms with van der Waals surface area (Å²) < 4.78 is 5.61. The maximum absolute atomic E-state index is 12.9. The van der Waals surface area contributed by atoms with E-state index in [0.717, 1.165) is 31.2 Å². The van der Waals surface area contributed by atoms with E-state index >= 15 is 0 Å². The number of aryl methyl sites for hydroxylation is 2. The van der Waals surface area contributed by atoms with Gasteiger partial charge in [-0.05, 0) is 61.4 Å². The fourth-order valence-electron chi connectivity index (χ4n) is 3.05. The predicted molar refractivity (Wildman–Crippen MR) is 118 cm³/mol. The molecular weight excluding hydrogens is 408 g/mol. The van der Waals surface area contributed by atoms with Gasteiger partial charge in [-0.2, -0.15) is 0 Å². The predicted octanol–water partition coefficient (Wildman–Crippen LogP) is 7.37. The minimum atomic E-state index is -0.326. The number of rotatable bonds is 4. The third kappa shape index (κ3) is 4.14. The molecule has 0 atom stereocenters. The molecule has 28 heavy (non-hydrogen) atoms. The minimum absolute atomic E-state index is 0.326. The lowest BCUT2D eigenvalue weighted by Crippen LogP contribution is -2.04. The SMILES string of the molecule is Cc1cc(C)cc(Sc2c(Sc3cccc(Cl)c3)c3ccccc3oc2=O)c1. The van der Waals surface area contributed by atoms with Gasteiger partial charge in [0.05, 0.1) is 0 Å².